The Balaban J connectivity index is 1.78. The molecule has 2 heterocycles. The number of pyridine rings is 1. The molecule has 0 aliphatic rings. The standard InChI is InChI=1S/C14H20N4O/c1-2-3-9-19-10-5-8-16-14-12-6-4-7-15-13(12)17-11-18-14/h4,6-7,11H,2-3,5,8-10H2,1H3,(H,15,16,17,18). The molecule has 1 N–H and O–H groups in total. The first-order valence-corrected chi connectivity index (χ1v) is 6.79. The van der Waals surface area contributed by atoms with Gasteiger partial charge in [-0.15, -0.1) is 0 Å². The van der Waals surface area contributed by atoms with Crippen molar-refractivity contribution in [2.75, 3.05) is 25.1 Å². The summed E-state index contributed by atoms with van der Waals surface area (Å²) in [4.78, 5) is 12.6. The molecular weight excluding hydrogens is 240 g/mol. The molecule has 0 aliphatic carbocycles. The fraction of sp³-hybridized carbons (Fsp3) is 0.500. The van der Waals surface area contributed by atoms with E-state index in [4.69, 9.17) is 4.74 Å². The maximum Gasteiger partial charge on any atom is 0.164 e. The largest absolute Gasteiger partial charge is 0.381 e. The van der Waals surface area contributed by atoms with Crippen LogP contribution in [0.5, 0.6) is 0 Å². The highest BCUT2D eigenvalue weighted by Gasteiger charge is 2.02. The first kappa shape index (κ1) is 13.7. The van der Waals surface area contributed by atoms with Crippen LogP contribution in [0.25, 0.3) is 11.0 Å². The van der Waals surface area contributed by atoms with Crippen molar-refractivity contribution in [3.05, 3.63) is 24.7 Å². The van der Waals surface area contributed by atoms with E-state index in [0.29, 0.717) is 0 Å². The third-order valence-electron chi connectivity index (χ3n) is 2.81. The van der Waals surface area contributed by atoms with Crippen LogP contribution in [0.4, 0.5) is 5.82 Å². The van der Waals surface area contributed by atoms with E-state index in [2.05, 4.69) is 27.2 Å². The van der Waals surface area contributed by atoms with E-state index in [0.717, 1.165) is 49.5 Å². The zero-order valence-corrected chi connectivity index (χ0v) is 11.3. The predicted octanol–water partition coefficient (Wildman–Crippen LogP) is 2.64. The fourth-order valence-electron chi connectivity index (χ4n) is 1.77. The molecule has 0 aromatic carbocycles. The summed E-state index contributed by atoms with van der Waals surface area (Å²) in [7, 11) is 0. The zero-order chi connectivity index (χ0) is 13.3. The van der Waals surface area contributed by atoms with E-state index in [1.165, 1.54) is 12.7 Å². The molecule has 5 nitrogen and oxygen atoms in total. The number of fused-ring (bicyclic) bond motifs is 1. The number of ether oxygens (including phenoxy) is 1. The van der Waals surface area contributed by atoms with Gasteiger partial charge >= 0.3 is 0 Å². The molecule has 19 heavy (non-hydrogen) atoms. The second-order valence-corrected chi connectivity index (χ2v) is 4.34. The third-order valence-corrected chi connectivity index (χ3v) is 2.81. The lowest BCUT2D eigenvalue weighted by Crippen LogP contribution is -2.08. The number of rotatable bonds is 8. The van der Waals surface area contributed by atoms with Crippen LogP contribution in [0.15, 0.2) is 24.7 Å². The second-order valence-electron chi connectivity index (χ2n) is 4.34. The van der Waals surface area contributed by atoms with Crippen molar-refractivity contribution in [1.82, 2.24) is 15.0 Å². The van der Waals surface area contributed by atoms with Gasteiger partial charge in [0.2, 0.25) is 0 Å². The third kappa shape index (κ3) is 4.13. The summed E-state index contributed by atoms with van der Waals surface area (Å²) in [5.74, 6) is 0.839. The van der Waals surface area contributed by atoms with Crippen molar-refractivity contribution >= 4 is 16.9 Å². The van der Waals surface area contributed by atoms with Crippen LogP contribution in [0.1, 0.15) is 26.2 Å². The van der Waals surface area contributed by atoms with Crippen LogP contribution in [-0.2, 0) is 4.74 Å². The van der Waals surface area contributed by atoms with Gasteiger partial charge in [0, 0.05) is 26.0 Å². The van der Waals surface area contributed by atoms with Gasteiger partial charge in [0.05, 0.1) is 5.39 Å². The fourth-order valence-corrected chi connectivity index (χ4v) is 1.77. The van der Waals surface area contributed by atoms with Gasteiger partial charge in [-0.1, -0.05) is 13.3 Å². The number of nitrogens with zero attached hydrogens (tertiary/aromatic N) is 3. The molecule has 2 aromatic heterocycles. The minimum Gasteiger partial charge on any atom is -0.381 e. The molecule has 0 atom stereocenters. The summed E-state index contributed by atoms with van der Waals surface area (Å²) in [5, 5.41) is 4.26. The lowest BCUT2D eigenvalue weighted by atomic mass is 10.3. The minimum atomic E-state index is 0.721. The van der Waals surface area contributed by atoms with Crippen LogP contribution in [0.3, 0.4) is 0 Å². The summed E-state index contributed by atoms with van der Waals surface area (Å²) < 4.78 is 5.51. The molecule has 0 bridgehead atoms. The molecule has 0 fully saturated rings. The van der Waals surface area contributed by atoms with Crippen LogP contribution in [0.2, 0.25) is 0 Å². The number of aromatic nitrogens is 3. The van der Waals surface area contributed by atoms with Gasteiger partial charge in [-0.3, -0.25) is 0 Å². The summed E-state index contributed by atoms with van der Waals surface area (Å²) in [5.41, 5.74) is 0.721. The Bertz CT molecular complexity index is 498. The van der Waals surface area contributed by atoms with Gasteiger partial charge in [0.15, 0.2) is 5.65 Å². The molecule has 0 saturated carbocycles. The molecule has 0 unspecified atom stereocenters. The monoisotopic (exact) mass is 260 g/mol. The van der Waals surface area contributed by atoms with Crippen molar-refractivity contribution in [1.29, 1.82) is 0 Å². The molecule has 2 rings (SSSR count). The quantitative estimate of drug-likeness (QED) is 0.739. The van der Waals surface area contributed by atoms with E-state index in [1.54, 1.807) is 6.20 Å². The Labute approximate surface area is 113 Å². The van der Waals surface area contributed by atoms with Crippen molar-refractivity contribution in [2.24, 2.45) is 0 Å². The highest BCUT2D eigenvalue weighted by atomic mass is 16.5. The first-order chi connectivity index (χ1) is 9.42. The maximum absolute atomic E-state index is 5.51. The smallest absolute Gasteiger partial charge is 0.164 e. The molecule has 0 aliphatic heterocycles. The van der Waals surface area contributed by atoms with Gasteiger partial charge in [0.1, 0.15) is 12.1 Å². The second kappa shape index (κ2) is 7.63. The Kier molecular flexibility index (Phi) is 5.49. The Morgan fingerprint density at radius 3 is 2.95 bits per heavy atom. The average Bonchev–Trinajstić information content (AvgIpc) is 2.46. The predicted molar refractivity (Wildman–Crippen MR) is 76.2 cm³/mol. The van der Waals surface area contributed by atoms with Crippen molar-refractivity contribution in [3.63, 3.8) is 0 Å². The SMILES string of the molecule is CCCCOCCCNc1ncnc2ncccc12. The highest BCUT2D eigenvalue weighted by molar-refractivity contribution is 5.85. The van der Waals surface area contributed by atoms with Gasteiger partial charge in [-0.2, -0.15) is 0 Å². The molecule has 0 radical (unpaired) electrons. The minimum absolute atomic E-state index is 0.721. The number of hydrogen-bond acceptors (Lipinski definition) is 5. The average molecular weight is 260 g/mol. The summed E-state index contributed by atoms with van der Waals surface area (Å²) in [6.07, 6.45) is 6.55. The molecular formula is C14H20N4O. The van der Waals surface area contributed by atoms with Crippen molar-refractivity contribution in [2.45, 2.75) is 26.2 Å². The van der Waals surface area contributed by atoms with E-state index < -0.39 is 0 Å². The molecule has 0 spiro atoms. The number of nitrogens with one attached hydrogen (secondary N) is 1. The normalized spacial score (nSPS) is 10.8. The highest BCUT2D eigenvalue weighted by Crippen LogP contribution is 2.15. The topological polar surface area (TPSA) is 59.9 Å². The molecule has 102 valence electrons. The summed E-state index contributed by atoms with van der Waals surface area (Å²) in [6, 6.07) is 3.87. The Morgan fingerprint density at radius 2 is 2.05 bits per heavy atom. The van der Waals surface area contributed by atoms with Crippen LogP contribution in [-0.4, -0.2) is 34.7 Å². The number of hydrogen-bond donors (Lipinski definition) is 1. The van der Waals surface area contributed by atoms with Gasteiger partial charge < -0.3 is 10.1 Å². The number of unbranched alkanes of at least 4 members (excludes halogenated alkanes) is 1. The van der Waals surface area contributed by atoms with E-state index in [9.17, 15) is 0 Å². The van der Waals surface area contributed by atoms with Crippen molar-refractivity contribution < 1.29 is 4.74 Å². The molecule has 5 heteroatoms. The zero-order valence-electron chi connectivity index (χ0n) is 11.3. The van der Waals surface area contributed by atoms with E-state index in [-0.39, 0.29) is 0 Å². The number of anilines is 1. The first-order valence-electron chi connectivity index (χ1n) is 6.79. The van der Waals surface area contributed by atoms with Crippen LogP contribution in [0, 0.1) is 0 Å². The van der Waals surface area contributed by atoms with Crippen LogP contribution >= 0.6 is 0 Å². The van der Waals surface area contributed by atoms with Crippen molar-refractivity contribution in [3.8, 4) is 0 Å². The molecule has 0 amide bonds. The lowest BCUT2D eigenvalue weighted by molar-refractivity contribution is 0.131. The Hall–Kier alpha value is -1.75. The summed E-state index contributed by atoms with van der Waals surface area (Å²) >= 11 is 0. The van der Waals surface area contributed by atoms with E-state index >= 15 is 0 Å². The maximum atomic E-state index is 5.51. The summed E-state index contributed by atoms with van der Waals surface area (Å²) in [6.45, 7) is 4.65. The van der Waals surface area contributed by atoms with Crippen LogP contribution < -0.4 is 5.32 Å². The molecule has 0 saturated heterocycles. The molecule has 2 aromatic rings. The Morgan fingerprint density at radius 1 is 1.16 bits per heavy atom. The van der Waals surface area contributed by atoms with Gasteiger partial charge in [0.25, 0.3) is 0 Å². The lowest BCUT2D eigenvalue weighted by Gasteiger charge is -2.08. The van der Waals surface area contributed by atoms with E-state index in [1.807, 2.05) is 12.1 Å². The van der Waals surface area contributed by atoms with Gasteiger partial charge in [-0.25, -0.2) is 15.0 Å². The van der Waals surface area contributed by atoms with Gasteiger partial charge in [-0.05, 0) is 25.0 Å².